The monoisotopic (exact) mass is 290 g/mol. The van der Waals surface area contributed by atoms with Crippen molar-refractivity contribution in [3.05, 3.63) is 0 Å². The second kappa shape index (κ2) is 5.38. The van der Waals surface area contributed by atoms with Crippen LogP contribution in [0, 0.1) is 11.3 Å². The Bertz CT molecular complexity index is 445. The van der Waals surface area contributed by atoms with Crippen molar-refractivity contribution < 1.29 is 18.3 Å². The van der Waals surface area contributed by atoms with Gasteiger partial charge in [-0.25, -0.2) is 4.72 Å². The van der Waals surface area contributed by atoms with Crippen LogP contribution < -0.4 is 4.72 Å². The third kappa shape index (κ3) is 3.46. The quantitative estimate of drug-likeness (QED) is 0.758. The molecule has 1 saturated carbocycles. The van der Waals surface area contributed by atoms with E-state index >= 15 is 0 Å². The van der Waals surface area contributed by atoms with Crippen LogP contribution in [0.4, 0.5) is 0 Å². The molecule has 2 aliphatic rings. The van der Waals surface area contributed by atoms with E-state index in [1.165, 1.54) is 4.31 Å². The topological polar surface area (TPSA) is 86.7 Å². The molecule has 110 valence electrons. The van der Waals surface area contributed by atoms with Gasteiger partial charge >= 0.3 is 5.97 Å². The molecule has 1 aliphatic carbocycles. The molecule has 0 amide bonds. The van der Waals surface area contributed by atoms with Gasteiger partial charge in [0.05, 0.1) is 5.92 Å². The fourth-order valence-corrected chi connectivity index (χ4v) is 3.95. The van der Waals surface area contributed by atoms with E-state index in [-0.39, 0.29) is 12.0 Å². The summed E-state index contributed by atoms with van der Waals surface area (Å²) < 4.78 is 28.3. The van der Waals surface area contributed by atoms with Crippen molar-refractivity contribution in [2.45, 2.75) is 39.0 Å². The molecule has 2 fully saturated rings. The van der Waals surface area contributed by atoms with Crippen molar-refractivity contribution in [3.63, 3.8) is 0 Å². The normalized spacial score (nSPS) is 27.1. The summed E-state index contributed by atoms with van der Waals surface area (Å²) in [5.74, 6) is -1.49. The molecular formula is C12H22N2O4S. The molecule has 0 aromatic heterocycles. The third-order valence-electron chi connectivity index (χ3n) is 4.41. The molecule has 2 N–H and O–H groups in total. The first-order valence-corrected chi connectivity index (χ1v) is 8.30. The zero-order valence-corrected chi connectivity index (χ0v) is 12.1. The number of piperidine rings is 1. The number of carboxylic acids is 1. The summed E-state index contributed by atoms with van der Waals surface area (Å²) in [7, 11) is -3.53. The zero-order chi connectivity index (χ0) is 14.1. The molecule has 6 nitrogen and oxygen atoms in total. The number of aliphatic carboxylic acids is 1. The van der Waals surface area contributed by atoms with Gasteiger partial charge < -0.3 is 5.11 Å². The summed E-state index contributed by atoms with van der Waals surface area (Å²) in [5, 5.41) is 8.99. The largest absolute Gasteiger partial charge is 0.481 e. The van der Waals surface area contributed by atoms with E-state index in [1.54, 1.807) is 0 Å². The Kier molecular flexibility index (Phi) is 4.17. The summed E-state index contributed by atoms with van der Waals surface area (Å²) in [6.07, 6.45) is 4.29. The van der Waals surface area contributed by atoms with Crippen LogP contribution in [0.5, 0.6) is 0 Å². The van der Waals surface area contributed by atoms with Gasteiger partial charge in [-0.3, -0.25) is 4.79 Å². The minimum Gasteiger partial charge on any atom is -0.481 e. The van der Waals surface area contributed by atoms with Gasteiger partial charge in [0.15, 0.2) is 0 Å². The lowest BCUT2D eigenvalue weighted by molar-refractivity contribution is -0.142. The van der Waals surface area contributed by atoms with Crippen molar-refractivity contribution in [2.75, 3.05) is 19.6 Å². The number of hydrogen-bond donors (Lipinski definition) is 2. The molecule has 1 atom stereocenters. The second-order valence-corrected chi connectivity index (χ2v) is 7.47. The first-order chi connectivity index (χ1) is 8.88. The molecule has 2 rings (SSSR count). The van der Waals surface area contributed by atoms with Crippen LogP contribution in [-0.2, 0) is 15.0 Å². The summed E-state index contributed by atoms with van der Waals surface area (Å²) in [4.78, 5) is 11.0. The van der Waals surface area contributed by atoms with Crippen LogP contribution in [0.3, 0.4) is 0 Å². The first kappa shape index (κ1) is 14.7. The van der Waals surface area contributed by atoms with E-state index in [0.717, 1.165) is 19.3 Å². The molecular weight excluding hydrogens is 268 g/mol. The Hall–Kier alpha value is -0.660. The maximum absolute atomic E-state index is 12.2. The van der Waals surface area contributed by atoms with Crippen molar-refractivity contribution in [1.29, 1.82) is 0 Å². The SMILES string of the molecule is CCC1(CNS(=O)(=O)N2CCCC(C(=O)O)C2)CC1. The molecule has 1 saturated heterocycles. The van der Waals surface area contributed by atoms with Gasteiger partial charge in [0.25, 0.3) is 10.2 Å². The minimum atomic E-state index is -3.53. The smallest absolute Gasteiger partial charge is 0.307 e. The number of hydrogen-bond acceptors (Lipinski definition) is 3. The van der Waals surface area contributed by atoms with E-state index in [1.807, 2.05) is 0 Å². The van der Waals surface area contributed by atoms with Crippen molar-refractivity contribution in [1.82, 2.24) is 9.03 Å². The minimum absolute atomic E-state index is 0.0871. The van der Waals surface area contributed by atoms with Crippen molar-refractivity contribution in [2.24, 2.45) is 11.3 Å². The van der Waals surface area contributed by atoms with Gasteiger partial charge in [0, 0.05) is 19.6 Å². The zero-order valence-electron chi connectivity index (χ0n) is 11.3. The van der Waals surface area contributed by atoms with Crippen LogP contribution in [-0.4, -0.2) is 43.4 Å². The van der Waals surface area contributed by atoms with Crippen LogP contribution in [0.2, 0.25) is 0 Å². The molecule has 0 aromatic carbocycles. The lowest BCUT2D eigenvalue weighted by Crippen LogP contribution is -2.48. The highest BCUT2D eigenvalue weighted by Crippen LogP contribution is 2.48. The highest BCUT2D eigenvalue weighted by atomic mass is 32.2. The van der Waals surface area contributed by atoms with Crippen LogP contribution in [0.15, 0.2) is 0 Å². The molecule has 0 bridgehead atoms. The number of nitrogens with one attached hydrogen (secondary N) is 1. The third-order valence-corrected chi connectivity index (χ3v) is 5.93. The predicted octanol–water partition coefficient (Wildman–Crippen LogP) is 0.808. The Morgan fingerprint density at radius 1 is 1.47 bits per heavy atom. The number of carboxylic acid groups (broad SMARTS) is 1. The van der Waals surface area contributed by atoms with Crippen LogP contribution in [0.1, 0.15) is 39.0 Å². The average molecular weight is 290 g/mol. The summed E-state index contributed by atoms with van der Waals surface area (Å²) in [6.45, 7) is 3.05. The fraction of sp³-hybridized carbons (Fsp3) is 0.917. The molecule has 0 radical (unpaired) electrons. The molecule has 7 heteroatoms. The molecule has 19 heavy (non-hydrogen) atoms. The van der Waals surface area contributed by atoms with Gasteiger partial charge in [0.2, 0.25) is 0 Å². The summed E-state index contributed by atoms with van der Waals surface area (Å²) in [6, 6.07) is 0. The average Bonchev–Trinajstić information content (AvgIpc) is 3.17. The van der Waals surface area contributed by atoms with Gasteiger partial charge in [-0.2, -0.15) is 12.7 Å². The molecule has 0 spiro atoms. The van der Waals surface area contributed by atoms with E-state index < -0.39 is 22.1 Å². The maximum atomic E-state index is 12.2. The molecule has 0 aromatic rings. The first-order valence-electron chi connectivity index (χ1n) is 6.86. The summed E-state index contributed by atoms with van der Waals surface area (Å²) >= 11 is 0. The number of carbonyl (C=O) groups is 1. The van der Waals surface area contributed by atoms with Gasteiger partial charge in [0.1, 0.15) is 0 Å². The molecule has 1 aliphatic heterocycles. The Morgan fingerprint density at radius 3 is 2.68 bits per heavy atom. The summed E-state index contributed by atoms with van der Waals surface area (Å²) in [5.41, 5.74) is 0.148. The number of nitrogens with zero attached hydrogens (tertiary/aromatic N) is 1. The van der Waals surface area contributed by atoms with Crippen LogP contribution in [0.25, 0.3) is 0 Å². The standard InChI is InChI=1S/C12H22N2O4S/c1-2-12(5-6-12)9-13-19(17,18)14-7-3-4-10(8-14)11(15)16/h10,13H,2-9H2,1H3,(H,15,16). The predicted molar refractivity (Wildman–Crippen MR) is 70.8 cm³/mol. The lowest BCUT2D eigenvalue weighted by atomic mass is 10.0. The van der Waals surface area contributed by atoms with E-state index in [9.17, 15) is 13.2 Å². The molecule has 1 unspecified atom stereocenters. The Morgan fingerprint density at radius 2 is 2.16 bits per heavy atom. The highest BCUT2D eigenvalue weighted by molar-refractivity contribution is 7.87. The van der Waals surface area contributed by atoms with Gasteiger partial charge in [-0.15, -0.1) is 0 Å². The van der Waals surface area contributed by atoms with Crippen LogP contribution >= 0.6 is 0 Å². The van der Waals surface area contributed by atoms with Gasteiger partial charge in [-0.05, 0) is 37.5 Å². The van der Waals surface area contributed by atoms with E-state index in [0.29, 0.717) is 25.9 Å². The number of rotatable bonds is 6. The van der Waals surface area contributed by atoms with Crippen molar-refractivity contribution >= 4 is 16.2 Å². The van der Waals surface area contributed by atoms with E-state index in [2.05, 4.69) is 11.6 Å². The molecule has 1 heterocycles. The second-order valence-electron chi connectivity index (χ2n) is 5.72. The Labute approximate surface area is 114 Å². The van der Waals surface area contributed by atoms with E-state index in [4.69, 9.17) is 5.11 Å². The van der Waals surface area contributed by atoms with Crippen molar-refractivity contribution in [3.8, 4) is 0 Å². The lowest BCUT2D eigenvalue weighted by Gasteiger charge is -2.30. The highest BCUT2D eigenvalue weighted by Gasteiger charge is 2.42. The fourth-order valence-electron chi connectivity index (χ4n) is 2.53. The maximum Gasteiger partial charge on any atom is 0.307 e. The van der Waals surface area contributed by atoms with Gasteiger partial charge in [-0.1, -0.05) is 6.92 Å². The Balaban J connectivity index is 1.93.